The first kappa shape index (κ1) is 23.8. The van der Waals surface area contributed by atoms with Crippen LogP contribution in [0.2, 0.25) is 5.02 Å². The number of amides is 1. The Kier molecular flexibility index (Phi) is 6.61. The molecule has 1 atom stereocenters. The van der Waals surface area contributed by atoms with Crippen LogP contribution in [0.4, 0.5) is 15.8 Å². The van der Waals surface area contributed by atoms with Crippen molar-refractivity contribution in [3.63, 3.8) is 0 Å². The quantitative estimate of drug-likeness (QED) is 0.428. The number of fused-ring (bicyclic) bond motifs is 1. The van der Waals surface area contributed by atoms with Crippen LogP contribution in [0, 0.1) is 23.1 Å². The Labute approximate surface area is 212 Å². The SMILES string of the molecule is C=CC(=O)N1CC[C@H](Oc2ccc3ncc(C#N)c(Nc4ccc(OCC5CC5)c(Cl)c4F)c3n2)C1. The van der Waals surface area contributed by atoms with E-state index in [1.54, 1.807) is 23.1 Å². The van der Waals surface area contributed by atoms with E-state index in [1.165, 1.54) is 18.3 Å². The molecule has 1 N–H and O–H groups in total. The van der Waals surface area contributed by atoms with E-state index in [9.17, 15) is 10.1 Å². The number of aromatic nitrogens is 2. The van der Waals surface area contributed by atoms with E-state index in [0.717, 1.165) is 12.8 Å². The first-order chi connectivity index (χ1) is 17.5. The number of benzene rings is 1. The standard InChI is InChI=1S/C26H23ClFN5O3/c1-2-22(34)33-10-9-17(13-33)36-21-8-6-19-26(32-21)25(16(11-29)12-30-19)31-18-5-7-20(23(27)24(18)28)35-14-15-3-4-15/h2,5-8,12,15,17H,1,3-4,9-10,13-14H2,(H,30,31)/t17-/m0/s1. The molecule has 1 amide bonds. The fraction of sp³-hybridized carbons (Fsp3) is 0.308. The molecule has 5 rings (SSSR count). The Morgan fingerprint density at radius 2 is 2.17 bits per heavy atom. The number of likely N-dealkylation sites (tertiary alicyclic amines) is 1. The predicted octanol–water partition coefficient (Wildman–Crippen LogP) is 4.99. The average molecular weight is 508 g/mol. The van der Waals surface area contributed by atoms with Crippen LogP contribution in [0.3, 0.4) is 0 Å². The summed E-state index contributed by atoms with van der Waals surface area (Å²) in [5, 5.41) is 12.5. The minimum atomic E-state index is -0.691. The number of nitrogens with one attached hydrogen (secondary N) is 1. The minimum Gasteiger partial charge on any atom is -0.492 e. The first-order valence-electron chi connectivity index (χ1n) is 11.6. The lowest BCUT2D eigenvalue weighted by atomic mass is 10.1. The molecule has 1 saturated carbocycles. The Balaban J connectivity index is 1.42. The van der Waals surface area contributed by atoms with Gasteiger partial charge in [-0.1, -0.05) is 18.2 Å². The van der Waals surface area contributed by atoms with Crippen molar-refractivity contribution in [1.29, 1.82) is 5.26 Å². The van der Waals surface area contributed by atoms with Gasteiger partial charge in [0.25, 0.3) is 0 Å². The maximum atomic E-state index is 15.1. The molecule has 184 valence electrons. The van der Waals surface area contributed by atoms with Gasteiger partial charge in [-0.2, -0.15) is 5.26 Å². The summed E-state index contributed by atoms with van der Waals surface area (Å²) in [6, 6.07) is 8.57. The lowest BCUT2D eigenvalue weighted by molar-refractivity contribution is -0.125. The predicted molar refractivity (Wildman–Crippen MR) is 133 cm³/mol. The molecular weight excluding hydrogens is 485 g/mol. The van der Waals surface area contributed by atoms with E-state index >= 15 is 4.39 Å². The van der Waals surface area contributed by atoms with Crippen LogP contribution < -0.4 is 14.8 Å². The minimum absolute atomic E-state index is 0.0743. The van der Waals surface area contributed by atoms with Crippen molar-refractivity contribution in [2.24, 2.45) is 5.92 Å². The maximum absolute atomic E-state index is 15.1. The molecule has 0 bridgehead atoms. The number of hydrogen-bond acceptors (Lipinski definition) is 7. The number of ether oxygens (including phenoxy) is 2. The molecule has 3 heterocycles. The number of hydrogen-bond donors (Lipinski definition) is 1. The Morgan fingerprint density at radius 1 is 1.33 bits per heavy atom. The Hall–Kier alpha value is -3.90. The topological polar surface area (TPSA) is 100 Å². The lowest BCUT2D eigenvalue weighted by Crippen LogP contribution is -2.29. The number of halogens is 2. The second-order valence-corrected chi connectivity index (χ2v) is 9.19. The molecule has 1 aromatic carbocycles. The van der Waals surface area contributed by atoms with Crippen molar-refractivity contribution < 1.29 is 18.7 Å². The molecule has 0 spiro atoms. The van der Waals surface area contributed by atoms with Crippen molar-refractivity contribution >= 4 is 39.9 Å². The van der Waals surface area contributed by atoms with Crippen LogP contribution in [0.15, 0.2) is 43.1 Å². The van der Waals surface area contributed by atoms with E-state index < -0.39 is 5.82 Å². The number of anilines is 2. The Morgan fingerprint density at radius 3 is 2.92 bits per heavy atom. The third kappa shape index (κ3) is 4.90. The molecule has 1 aliphatic heterocycles. The molecular formula is C26H23ClFN5O3. The third-order valence-electron chi connectivity index (χ3n) is 6.20. The van der Waals surface area contributed by atoms with Crippen LogP contribution in [-0.2, 0) is 4.79 Å². The molecule has 8 nitrogen and oxygen atoms in total. The Bertz CT molecular complexity index is 1390. The molecule has 1 aliphatic carbocycles. The van der Waals surface area contributed by atoms with E-state index in [0.29, 0.717) is 48.9 Å². The first-order valence-corrected chi connectivity index (χ1v) is 12.0. The number of carbonyl (C=O) groups excluding carboxylic acids is 1. The number of nitriles is 1. The number of nitrogens with zero attached hydrogens (tertiary/aromatic N) is 4. The van der Waals surface area contributed by atoms with E-state index in [2.05, 4.69) is 27.9 Å². The summed E-state index contributed by atoms with van der Waals surface area (Å²) in [6.45, 7) is 5.01. The smallest absolute Gasteiger partial charge is 0.246 e. The van der Waals surface area contributed by atoms with Crippen LogP contribution >= 0.6 is 11.6 Å². The molecule has 2 aliphatic rings. The summed E-state index contributed by atoms with van der Waals surface area (Å²) in [5.74, 6) is 0.250. The van der Waals surface area contributed by atoms with Crippen LogP contribution in [0.25, 0.3) is 11.0 Å². The van der Waals surface area contributed by atoms with Crippen LogP contribution in [0.5, 0.6) is 11.6 Å². The highest BCUT2D eigenvalue weighted by Gasteiger charge is 2.27. The maximum Gasteiger partial charge on any atom is 0.246 e. The molecule has 0 radical (unpaired) electrons. The largest absolute Gasteiger partial charge is 0.492 e. The monoisotopic (exact) mass is 507 g/mol. The zero-order valence-electron chi connectivity index (χ0n) is 19.3. The molecule has 2 aromatic heterocycles. The van der Waals surface area contributed by atoms with Crippen molar-refractivity contribution in [1.82, 2.24) is 14.9 Å². The average Bonchev–Trinajstić information content (AvgIpc) is 3.61. The molecule has 36 heavy (non-hydrogen) atoms. The molecule has 3 aromatic rings. The molecule has 1 saturated heterocycles. The van der Waals surface area contributed by atoms with Gasteiger partial charge in [0, 0.05) is 25.2 Å². The summed E-state index contributed by atoms with van der Waals surface area (Å²) in [7, 11) is 0. The van der Waals surface area contributed by atoms with Crippen LogP contribution in [-0.4, -0.2) is 46.6 Å². The molecule has 2 fully saturated rings. The van der Waals surface area contributed by atoms with Gasteiger partial charge in [-0.15, -0.1) is 0 Å². The van der Waals surface area contributed by atoms with Gasteiger partial charge in [0.15, 0.2) is 5.82 Å². The molecule has 10 heteroatoms. The highest BCUT2D eigenvalue weighted by molar-refractivity contribution is 6.32. The van der Waals surface area contributed by atoms with Crippen LogP contribution in [0.1, 0.15) is 24.8 Å². The van der Waals surface area contributed by atoms with E-state index in [1.807, 2.05) is 0 Å². The van der Waals surface area contributed by atoms with E-state index in [-0.39, 0.29) is 39.7 Å². The zero-order valence-corrected chi connectivity index (χ0v) is 20.1. The number of rotatable bonds is 8. The van der Waals surface area contributed by atoms with Gasteiger partial charge in [-0.3, -0.25) is 9.78 Å². The van der Waals surface area contributed by atoms with Gasteiger partial charge in [-0.25, -0.2) is 9.37 Å². The fourth-order valence-electron chi connectivity index (χ4n) is 4.02. The van der Waals surface area contributed by atoms with E-state index in [4.69, 9.17) is 21.1 Å². The zero-order chi connectivity index (χ0) is 25.2. The van der Waals surface area contributed by atoms with Gasteiger partial charge in [0.1, 0.15) is 28.5 Å². The van der Waals surface area contributed by atoms with Crippen molar-refractivity contribution in [3.05, 3.63) is 59.5 Å². The van der Waals surface area contributed by atoms with Crippen molar-refractivity contribution in [2.45, 2.75) is 25.4 Å². The van der Waals surface area contributed by atoms with Gasteiger partial charge in [0.2, 0.25) is 11.8 Å². The van der Waals surface area contributed by atoms with Gasteiger partial charge >= 0.3 is 0 Å². The summed E-state index contributed by atoms with van der Waals surface area (Å²) >= 11 is 6.24. The van der Waals surface area contributed by atoms with Gasteiger partial charge in [0.05, 0.1) is 35.6 Å². The second kappa shape index (κ2) is 9.99. The highest BCUT2D eigenvalue weighted by atomic mass is 35.5. The second-order valence-electron chi connectivity index (χ2n) is 8.81. The molecule has 0 unspecified atom stereocenters. The fourth-order valence-corrected chi connectivity index (χ4v) is 4.24. The number of carbonyl (C=O) groups is 1. The summed E-state index contributed by atoms with van der Waals surface area (Å²) in [6.07, 6.45) is 5.31. The number of pyridine rings is 2. The van der Waals surface area contributed by atoms with Gasteiger partial charge in [-0.05, 0) is 43.0 Å². The van der Waals surface area contributed by atoms with Gasteiger partial charge < -0.3 is 19.7 Å². The summed E-state index contributed by atoms with van der Waals surface area (Å²) in [4.78, 5) is 22.4. The summed E-state index contributed by atoms with van der Waals surface area (Å²) < 4.78 is 26.8. The third-order valence-corrected chi connectivity index (χ3v) is 6.56. The highest BCUT2D eigenvalue weighted by Crippen LogP contribution is 2.37. The lowest BCUT2D eigenvalue weighted by Gasteiger charge is -2.17. The van der Waals surface area contributed by atoms with Crippen molar-refractivity contribution in [2.75, 3.05) is 25.0 Å². The summed E-state index contributed by atoms with van der Waals surface area (Å²) in [5.41, 5.74) is 1.37. The van der Waals surface area contributed by atoms with Crippen molar-refractivity contribution in [3.8, 4) is 17.7 Å². The normalized spacial score (nSPS) is 17.0.